The van der Waals surface area contributed by atoms with Crippen molar-refractivity contribution in [1.29, 1.82) is 5.26 Å². The Kier molecular flexibility index (Phi) is 4.65. The van der Waals surface area contributed by atoms with Crippen LogP contribution < -0.4 is 4.74 Å². The average molecular weight is 379 g/mol. The molecule has 1 fully saturated rings. The summed E-state index contributed by atoms with van der Waals surface area (Å²) in [6, 6.07) is 8.98. The molecule has 1 aromatic heterocycles. The van der Waals surface area contributed by atoms with Crippen LogP contribution >= 0.6 is 0 Å². The molecular formula is C20H18FN5O2. The Morgan fingerprint density at radius 2 is 2.11 bits per heavy atom. The Labute approximate surface area is 161 Å². The van der Waals surface area contributed by atoms with Crippen molar-refractivity contribution in [3.63, 3.8) is 0 Å². The molecule has 3 atom stereocenters. The van der Waals surface area contributed by atoms with Crippen LogP contribution in [-0.2, 0) is 0 Å². The number of urea groups is 1. The third kappa shape index (κ3) is 3.27. The summed E-state index contributed by atoms with van der Waals surface area (Å²) < 4.78 is 18.9. The third-order valence-corrected chi connectivity index (χ3v) is 5.05. The molecule has 0 N–H and O–H groups in total. The van der Waals surface area contributed by atoms with E-state index in [2.05, 4.69) is 16.2 Å². The number of halogens is 1. The lowest BCUT2D eigenvalue weighted by Crippen LogP contribution is -2.64. The van der Waals surface area contributed by atoms with Crippen LogP contribution in [0.5, 0.6) is 5.75 Å². The Morgan fingerprint density at radius 3 is 2.82 bits per heavy atom. The summed E-state index contributed by atoms with van der Waals surface area (Å²) in [6.07, 6.45) is 5.24. The molecule has 7 nitrogen and oxygen atoms in total. The van der Waals surface area contributed by atoms with Crippen LogP contribution in [-0.4, -0.2) is 45.8 Å². The number of carbonyl (C=O) groups is 1. The molecule has 3 heterocycles. The Balaban J connectivity index is 1.42. The minimum absolute atomic E-state index is 0.141. The first-order valence-electron chi connectivity index (χ1n) is 8.96. The first-order valence-corrected chi connectivity index (χ1v) is 8.96. The fourth-order valence-electron chi connectivity index (χ4n) is 3.36. The van der Waals surface area contributed by atoms with Crippen LogP contribution in [0.15, 0.2) is 47.8 Å². The number of hydrogen-bond acceptors (Lipinski definition) is 5. The number of pyridine rings is 1. The van der Waals surface area contributed by atoms with Crippen LogP contribution in [0.25, 0.3) is 0 Å². The standard InChI is InChI=1S/C20H18FN5O2/c1-13-19(28-17-4-2-16(21)3-5-17)12-25(13)20(27)26-18(6-7-24-26)15-8-14(9-22)10-23-11-15/h2-5,7-8,10-11,13,18-19H,6,12H2,1H3/t13-,18?,19-/m0/s1. The molecule has 2 aliphatic heterocycles. The topological polar surface area (TPSA) is 81.8 Å². The highest BCUT2D eigenvalue weighted by molar-refractivity contribution is 5.79. The van der Waals surface area contributed by atoms with E-state index in [0.29, 0.717) is 24.3 Å². The summed E-state index contributed by atoms with van der Waals surface area (Å²) in [4.78, 5) is 18.7. The summed E-state index contributed by atoms with van der Waals surface area (Å²) in [5, 5.41) is 14.7. The Hall–Kier alpha value is -3.47. The van der Waals surface area contributed by atoms with Crippen molar-refractivity contribution in [2.45, 2.75) is 31.5 Å². The zero-order chi connectivity index (χ0) is 19.7. The van der Waals surface area contributed by atoms with E-state index in [4.69, 9.17) is 10.00 Å². The zero-order valence-corrected chi connectivity index (χ0v) is 15.2. The van der Waals surface area contributed by atoms with Gasteiger partial charge in [-0.2, -0.15) is 10.4 Å². The number of hydrazone groups is 1. The fraction of sp³-hybridized carbons (Fsp3) is 0.300. The SMILES string of the molecule is C[C@H]1[C@@H](Oc2ccc(F)cc2)CN1C(=O)N1N=CCC1c1cncc(C#N)c1. The van der Waals surface area contributed by atoms with Crippen molar-refractivity contribution in [2.24, 2.45) is 5.10 Å². The van der Waals surface area contributed by atoms with Gasteiger partial charge in [0.05, 0.1) is 24.2 Å². The molecule has 2 aromatic rings. The molecule has 0 aliphatic carbocycles. The number of benzene rings is 1. The quantitative estimate of drug-likeness (QED) is 0.821. The van der Waals surface area contributed by atoms with Crippen LogP contribution in [0.4, 0.5) is 9.18 Å². The lowest BCUT2D eigenvalue weighted by Gasteiger charge is -2.46. The predicted molar refractivity (Wildman–Crippen MR) is 99.0 cm³/mol. The first kappa shape index (κ1) is 17.9. The number of aromatic nitrogens is 1. The van der Waals surface area contributed by atoms with Gasteiger partial charge in [0.15, 0.2) is 0 Å². The van der Waals surface area contributed by atoms with Gasteiger partial charge in [-0.3, -0.25) is 4.98 Å². The summed E-state index contributed by atoms with van der Waals surface area (Å²) in [5.41, 5.74) is 1.22. The van der Waals surface area contributed by atoms with Crippen molar-refractivity contribution in [3.8, 4) is 11.8 Å². The highest BCUT2D eigenvalue weighted by Crippen LogP contribution is 2.32. The van der Waals surface area contributed by atoms with Crippen LogP contribution in [0.2, 0.25) is 0 Å². The number of rotatable bonds is 3. The van der Waals surface area contributed by atoms with Gasteiger partial charge in [0.2, 0.25) is 0 Å². The van der Waals surface area contributed by atoms with Gasteiger partial charge in [0.25, 0.3) is 0 Å². The summed E-state index contributed by atoms with van der Waals surface area (Å²) in [7, 11) is 0. The maximum atomic E-state index is 13.0. The largest absolute Gasteiger partial charge is 0.486 e. The lowest BCUT2D eigenvalue weighted by atomic mass is 10.0. The average Bonchev–Trinajstić information content (AvgIpc) is 3.21. The molecular weight excluding hydrogens is 361 g/mol. The molecule has 0 spiro atoms. The highest BCUT2D eigenvalue weighted by atomic mass is 19.1. The van der Waals surface area contributed by atoms with E-state index < -0.39 is 0 Å². The Bertz CT molecular complexity index is 956. The second kappa shape index (κ2) is 7.27. The lowest BCUT2D eigenvalue weighted by molar-refractivity contribution is -0.0197. The second-order valence-electron chi connectivity index (χ2n) is 6.80. The number of likely N-dealkylation sites (tertiary alicyclic amines) is 1. The van der Waals surface area contributed by atoms with Gasteiger partial charge in [-0.05, 0) is 42.8 Å². The van der Waals surface area contributed by atoms with Crippen molar-refractivity contribution < 1.29 is 13.9 Å². The van der Waals surface area contributed by atoms with E-state index in [1.807, 2.05) is 6.92 Å². The summed E-state index contributed by atoms with van der Waals surface area (Å²) in [5.74, 6) is 0.250. The van der Waals surface area contributed by atoms with Crippen molar-refractivity contribution >= 4 is 12.2 Å². The molecule has 1 unspecified atom stereocenters. The molecule has 0 bridgehead atoms. The molecule has 28 heavy (non-hydrogen) atoms. The fourth-order valence-corrected chi connectivity index (χ4v) is 3.36. The number of ether oxygens (including phenoxy) is 1. The number of amides is 2. The molecule has 1 aromatic carbocycles. The predicted octanol–water partition coefficient (Wildman–Crippen LogP) is 3.10. The molecule has 4 rings (SSSR count). The molecule has 1 saturated heterocycles. The Morgan fingerprint density at radius 1 is 1.32 bits per heavy atom. The van der Waals surface area contributed by atoms with E-state index in [0.717, 1.165) is 5.56 Å². The van der Waals surface area contributed by atoms with E-state index in [-0.39, 0.29) is 30.0 Å². The third-order valence-electron chi connectivity index (χ3n) is 5.05. The number of carbonyl (C=O) groups excluding carboxylic acids is 1. The van der Waals surface area contributed by atoms with E-state index in [9.17, 15) is 9.18 Å². The zero-order valence-electron chi connectivity index (χ0n) is 15.2. The number of nitrogens with zero attached hydrogens (tertiary/aromatic N) is 5. The van der Waals surface area contributed by atoms with Crippen molar-refractivity contribution in [1.82, 2.24) is 14.9 Å². The second-order valence-corrected chi connectivity index (χ2v) is 6.80. The van der Waals surface area contributed by atoms with Crippen LogP contribution in [0.3, 0.4) is 0 Å². The molecule has 2 aliphatic rings. The van der Waals surface area contributed by atoms with Gasteiger partial charge >= 0.3 is 6.03 Å². The number of nitriles is 1. The van der Waals surface area contributed by atoms with E-state index in [1.165, 1.54) is 23.3 Å². The smallest absolute Gasteiger partial charge is 0.341 e. The molecule has 8 heteroatoms. The van der Waals surface area contributed by atoms with Gasteiger partial charge in [-0.1, -0.05) is 0 Å². The van der Waals surface area contributed by atoms with Crippen molar-refractivity contribution in [3.05, 3.63) is 59.7 Å². The molecule has 142 valence electrons. The maximum absolute atomic E-state index is 13.0. The first-order chi connectivity index (χ1) is 13.6. The molecule has 0 radical (unpaired) electrons. The minimum Gasteiger partial charge on any atom is -0.486 e. The molecule has 2 amide bonds. The summed E-state index contributed by atoms with van der Waals surface area (Å²) >= 11 is 0. The van der Waals surface area contributed by atoms with Crippen LogP contribution in [0.1, 0.15) is 30.5 Å². The maximum Gasteiger partial charge on any atom is 0.341 e. The highest BCUT2D eigenvalue weighted by Gasteiger charge is 2.44. The summed E-state index contributed by atoms with van der Waals surface area (Å²) in [6.45, 7) is 2.33. The normalized spacial score (nSPS) is 23.2. The van der Waals surface area contributed by atoms with Gasteiger partial charge in [0.1, 0.15) is 23.7 Å². The minimum atomic E-state index is -0.321. The van der Waals surface area contributed by atoms with E-state index in [1.54, 1.807) is 35.5 Å². The van der Waals surface area contributed by atoms with Gasteiger partial charge < -0.3 is 9.64 Å². The number of hydrogen-bond donors (Lipinski definition) is 0. The van der Waals surface area contributed by atoms with Gasteiger partial charge in [-0.25, -0.2) is 14.2 Å². The van der Waals surface area contributed by atoms with E-state index >= 15 is 0 Å². The monoisotopic (exact) mass is 379 g/mol. The van der Waals surface area contributed by atoms with Crippen molar-refractivity contribution in [2.75, 3.05) is 6.54 Å². The van der Waals surface area contributed by atoms with Gasteiger partial charge in [0, 0.05) is 25.0 Å². The van der Waals surface area contributed by atoms with Gasteiger partial charge in [-0.15, -0.1) is 0 Å². The molecule has 0 saturated carbocycles. The van der Waals surface area contributed by atoms with Crippen LogP contribution in [0, 0.1) is 17.1 Å².